The molecule has 14 heteroatoms. The van der Waals surface area contributed by atoms with Gasteiger partial charge in [-0.05, 0) is 24.3 Å². The van der Waals surface area contributed by atoms with Crippen LogP contribution in [0.3, 0.4) is 0 Å². The molecule has 0 fully saturated rings. The third-order valence-electron chi connectivity index (χ3n) is 7.43. The van der Waals surface area contributed by atoms with E-state index in [2.05, 4.69) is 5.32 Å². The number of carbonyl (C=O) groups is 4. The third kappa shape index (κ3) is 7.44. The van der Waals surface area contributed by atoms with Crippen LogP contribution in [0.5, 0.6) is 11.5 Å². The molecule has 1 aliphatic heterocycles. The van der Waals surface area contributed by atoms with Gasteiger partial charge in [0.05, 0.1) is 20.6 Å². The van der Waals surface area contributed by atoms with Crippen LogP contribution >= 0.6 is 11.6 Å². The van der Waals surface area contributed by atoms with Crippen molar-refractivity contribution >= 4 is 41.0 Å². The summed E-state index contributed by atoms with van der Waals surface area (Å²) in [6.45, 7) is 3.33. The molecule has 2 aromatic carbocycles. The molecule has 0 bridgehead atoms. The summed E-state index contributed by atoms with van der Waals surface area (Å²) in [7, 11) is 2.96. The molecule has 13 nitrogen and oxygen atoms in total. The summed E-state index contributed by atoms with van der Waals surface area (Å²) in [5.74, 6) is -3.83. The molecule has 46 heavy (non-hydrogen) atoms. The molecule has 0 spiro atoms. The number of benzene rings is 2. The van der Waals surface area contributed by atoms with E-state index in [-0.39, 0.29) is 37.4 Å². The van der Waals surface area contributed by atoms with Crippen LogP contribution in [0.4, 0.5) is 5.69 Å². The first kappa shape index (κ1) is 34.3. The van der Waals surface area contributed by atoms with Gasteiger partial charge in [-0.15, -0.1) is 0 Å². The molecule has 1 aliphatic rings. The number of carboxylic acids is 2. The fourth-order valence-corrected chi connectivity index (χ4v) is 5.34. The van der Waals surface area contributed by atoms with Crippen molar-refractivity contribution in [2.45, 2.75) is 38.9 Å². The predicted octanol–water partition coefficient (Wildman–Crippen LogP) is 3.94. The van der Waals surface area contributed by atoms with Crippen molar-refractivity contribution in [1.82, 2.24) is 5.32 Å². The number of nitrogens with one attached hydrogen (secondary N) is 1. The molecule has 246 valence electrons. The number of para-hydroxylation sites is 1. The van der Waals surface area contributed by atoms with Crippen LogP contribution in [0, 0.1) is 5.41 Å². The van der Waals surface area contributed by atoms with Crippen molar-refractivity contribution < 1.29 is 53.1 Å². The smallest absolute Gasteiger partial charge is 0.371 e. The zero-order valence-electron chi connectivity index (χ0n) is 25.7. The summed E-state index contributed by atoms with van der Waals surface area (Å²) in [6, 6.07) is 11.1. The Morgan fingerprint density at radius 2 is 1.78 bits per heavy atom. The van der Waals surface area contributed by atoms with E-state index < -0.39 is 53.6 Å². The third-order valence-corrected chi connectivity index (χ3v) is 7.67. The number of furan rings is 1. The van der Waals surface area contributed by atoms with Crippen LogP contribution in [-0.4, -0.2) is 79.1 Å². The lowest BCUT2D eigenvalue weighted by Gasteiger charge is -2.32. The average molecular weight is 659 g/mol. The molecular weight excluding hydrogens is 624 g/mol. The number of hydrogen-bond donors (Lipinski definition) is 4. The Kier molecular flexibility index (Phi) is 10.6. The van der Waals surface area contributed by atoms with Gasteiger partial charge in [0.15, 0.2) is 11.5 Å². The molecule has 1 aromatic heterocycles. The van der Waals surface area contributed by atoms with Gasteiger partial charge in [-0.3, -0.25) is 9.59 Å². The fraction of sp³-hybridized carbons (Fsp3) is 0.375. The standard InChI is InChI=1S/C32H35ClN2O11/c1-32(2,16-36)15-35-21-9-8-17(33)12-19(21)27(18-6-5-7-23(43-3)28(18)44-4)46-24(29(35)38)14-26(37)34-11-10-22-20(30(39)40)13-25(45-22)31(41)42/h5-9,12-13,24,27,36H,10-11,14-16H2,1-4H3,(H,34,37)(H,39,40)(H,41,42)/t24-,27-/m1/s1. The molecule has 0 saturated carbocycles. The lowest BCUT2D eigenvalue weighted by Crippen LogP contribution is -2.46. The number of amides is 2. The van der Waals surface area contributed by atoms with Gasteiger partial charge in [-0.1, -0.05) is 37.6 Å². The fourth-order valence-electron chi connectivity index (χ4n) is 5.16. The number of hydrogen-bond acceptors (Lipinski definition) is 9. The Balaban J connectivity index is 1.68. The minimum absolute atomic E-state index is 0.0861. The minimum Gasteiger partial charge on any atom is -0.493 e. The van der Waals surface area contributed by atoms with Gasteiger partial charge >= 0.3 is 11.9 Å². The van der Waals surface area contributed by atoms with Crippen molar-refractivity contribution in [3.63, 3.8) is 0 Å². The number of carboxylic acid groups (broad SMARTS) is 2. The summed E-state index contributed by atoms with van der Waals surface area (Å²) >= 11 is 6.44. The number of nitrogens with zero attached hydrogens (tertiary/aromatic N) is 1. The molecule has 0 unspecified atom stereocenters. The second-order valence-electron chi connectivity index (χ2n) is 11.4. The van der Waals surface area contributed by atoms with Gasteiger partial charge < -0.3 is 44.2 Å². The van der Waals surface area contributed by atoms with E-state index in [9.17, 15) is 29.4 Å². The van der Waals surface area contributed by atoms with Crippen molar-refractivity contribution in [1.29, 1.82) is 0 Å². The van der Waals surface area contributed by atoms with Crippen LogP contribution < -0.4 is 19.7 Å². The van der Waals surface area contributed by atoms with E-state index in [1.807, 2.05) is 0 Å². The lowest BCUT2D eigenvalue weighted by atomic mass is 9.92. The molecule has 3 aromatic rings. The molecule has 4 N–H and O–H groups in total. The number of anilines is 1. The number of fused-ring (bicyclic) bond motifs is 1. The normalized spacial score (nSPS) is 16.4. The van der Waals surface area contributed by atoms with Gasteiger partial charge in [0, 0.05) is 59.4 Å². The number of aliphatic hydroxyl groups is 1. The lowest BCUT2D eigenvalue weighted by molar-refractivity contribution is -0.138. The van der Waals surface area contributed by atoms with Crippen molar-refractivity contribution in [3.8, 4) is 11.5 Å². The summed E-state index contributed by atoms with van der Waals surface area (Å²) in [5.41, 5.74) is 0.453. The summed E-state index contributed by atoms with van der Waals surface area (Å²) in [4.78, 5) is 51.7. The maximum absolute atomic E-state index is 14.2. The number of carbonyl (C=O) groups excluding carboxylic acids is 2. The maximum Gasteiger partial charge on any atom is 0.371 e. The molecule has 4 rings (SSSR count). The Hall–Kier alpha value is -4.59. The zero-order chi connectivity index (χ0) is 33.8. The first-order valence-corrected chi connectivity index (χ1v) is 14.6. The molecule has 2 atom stereocenters. The first-order valence-electron chi connectivity index (χ1n) is 14.2. The molecule has 2 amide bonds. The Labute approximate surface area is 269 Å². The van der Waals surface area contributed by atoms with Gasteiger partial charge in [0.25, 0.3) is 5.91 Å². The molecule has 0 aliphatic carbocycles. The second-order valence-corrected chi connectivity index (χ2v) is 11.8. The van der Waals surface area contributed by atoms with Gasteiger partial charge in [0.1, 0.15) is 23.5 Å². The number of methoxy groups -OCH3 is 2. The van der Waals surface area contributed by atoms with E-state index in [0.29, 0.717) is 33.3 Å². The van der Waals surface area contributed by atoms with E-state index in [4.69, 9.17) is 35.3 Å². The van der Waals surface area contributed by atoms with E-state index in [1.54, 1.807) is 50.2 Å². The summed E-state index contributed by atoms with van der Waals surface area (Å²) in [5, 5.41) is 31.6. The van der Waals surface area contributed by atoms with E-state index >= 15 is 0 Å². The molecule has 0 saturated heterocycles. The van der Waals surface area contributed by atoms with Crippen LogP contribution in [0.1, 0.15) is 64.2 Å². The number of ether oxygens (including phenoxy) is 3. The number of aromatic carboxylic acids is 2. The van der Waals surface area contributed by atoms with Crippen molar-refractivity contribution in [2.24, 2.45) is 5.41 Å². The summed E-state index contributed by atoms with van der Waals surface area (Å²) < 4.78 is 22.8. The van der Waals surface area contributed by atoms with Crippen molar-refractivity contribution in [2.75, 3.05) is 38.8 Å². The van der Waals surface area contributed by atoms with Crippen LogP contribution in [0.15, 0.2) is 46.9 Å². The number of halogens is 1. The van der Waals surface area contributed by atoms with Gasteiger partial charge in [0.2, 0.25) is 11.7 Å². The number of aliphatic hydroxyl groups excluding tert-OH is 1. The van der Waals surface area contributed by atoms with E-state index in [0.717, 1.165) is 6.07 Å². The van der Waals surface area contributed by atoms with Gasteiger partial charge in [-0.25, -0.2) is 9.59 Å². The average Bonchev–Trinajstić information content (AvgIpc) is 3.42. The van der Waals surface area contributed by atoms with Crippen LogP contribution in [0.2, 0.25) is 5.02 Å². The highest BCUT2D eigenvalue weighted by atomic mass is 35.5. The SMILES string of the molecule is COc1cccc([C@H]2O[C@H](CC(=O)NCCc3oc(C(=O)O)cc3C(=O)O)C(=O)N(CC(C)(C)CO)c3ccc(Cl)cc32)c1OC. The Bertz CT molecular complexity index is 1630. The quantitative estimate of drug-likeness (QED) is 0.208. The molecule has 2 heterocycles. The highest BCUT2D eigenvalue weighted by Gasteiger charge is 2.40. The Morgan fingerprint density at radius 3 is 2.41 bits per heavy atom. The summed E-state index contributed by atoms with van der Waals surface area (Å²) in [6.07, 6.45) is -2.81. The zero-order valence-corrected chi connectivity index (χ0v) is 26.4. The topological polar surface area (TPSA) is 185 Å². The minimum atomic E-state index is -1.43. The van der Waals surface area contributed by atoms with Gasteiger partial charge in [-0.2, -0.15) is 0 Å². The highest BCUT2D eigenvalue weighted by molar-refractivity contribution is 6.30. The first-order chi connectivity index (χ1) is 21.8. The molecular formula is C32H35ClN2O11. The van der Waals surface area contributed by atoms with Crippen LogP contribution in [-0.2, 0) is 20.7 Å². The van der Waals surface area contributed by atoms with Crippen LogP contribution in [0.25, 0.3) is 0 Å². The van der Waals surface area contributed by atoms with Crippen molar-refractivity contribution in [3.05, 3.63) is 75.7 Å². The molecule has 0 radical (unpaired) electrons. The Morgan fingerprint density at radius 1 is 1.04 bits per heavy atom. The largest absolute Gasteiger partial charge is 0.493 e. The maximum atomic E-state index is 14.2. The second kappa shape index (κ2) is 14.2. The highest BCUT2D eigenvalue weighted by Crippen LogP contribution is 2.45. The monoisotopic (exact) mass is 658 g/mol. The van der Waals surface area contributed by atoms with E-state index in [1.165, 1.54) is 19.1 Å². The number of rotatable bonds is 13. The predicted molar refractivity (Wildman–Crippen MR) is 165 cm³/mol.